The Morgan fingerprint density at radius 1 is 0.424 bits per heavy atom. The molecular weight excluding hydrogens is 1750 g/mol. The van der Waals surface area contributed by atoms with E-state index in [1.807, 2.05) is 275 Å². The molecule has 730 valence electrons. The third-order valence-electron chi connectivity index (χ3n) is 27.2. The van der Waals surface area contributed by atoms with Crippen LogP contribution in [0.25, 0.3) is 98.1 Å². The van der Waals surface area contributed by atoms with Gasteiger partial charge in [-0.25, -0.2) is 24.3 Å². The van der Waals surface area contributed by atoms with Gasteiger partial charge in [-0.15, -0.1) is 0 Å². The quantitative estimate of drug-likeness (QED) is 0.0130. The first-order valence-electron chi connectivity index (χ1n) is 48.4. The van der Waals surface area contributed by atoms with E-state index in [4.69, 9.17) is 10.5 Å². The Morgan fingerprint density at radius 3 is 1.29 bits per heavy atom. The van der Waals surface area contributed by atoms with Crippen LogP contribution in [0.1, 0.15) is 189 Å². The van der Waals surface area contributed by atoms with E-state index in [2.05, 4.69) is 156 Å². The number of nitrogens with one attached hydrogen (secondary N) is 6. The second kappa shape index (κ2) is 49.6. The average molecular weight is 1880 g/mol. The van der Waals surface area contributed by atoms with E-state index in [0.717, 1.165) is 103 Å². The van der Waals surface area contributed by atoms with Crippen molar-refractivity contribution in [2.75, 3.05) is 29.0 Å². The third-order valence-corrected chi connectivity index (χ3v) is 27.2. The number of carbonyl (C=O) groups excluding carboxylic acids is 3. The van der Waals surface area contributed by atoms with Crippen molar-refractivity contribution in [3.05, 3.63) is 330 Å². The maximum absolute atomic E-state index is 13.0. The number of para-hydroxylation sites is 7. The fourth-order valence-electron chi connectivity index (χ4n) is 17.1. The zero-order chi connectivity index (χ0) is 100. The van der Waals surface area contributed by atoms with Crippen molar-refractivity contribution in [2.45, 2.75) is 224 Å². The molecule has 17 rings (SSSR count). The van der Waals surface area contributed by atoms with Crippen LogP contribution in [-0.4, -0.2) is 100 Å². The highest BCUT2D eigenvalue weighted by atomic mass is 17.1. The molecule has 16 aromatic rings. The molecule has 10 N–H and O–H groups in total. The lowest BCUT2D eigenvalue weighted by molar-refractivity contribution is -0.306. The maximum atomic E-state index is 13.0. The number of benzene rings is 11. The van der Waals surface area contributed by atoms with Crippen LogP contribution in [0.15, 0.2) is 286 Å². The topological polar surface area (TPSA) is 332 Å². The smallest absolute Gasteiger partial charge is 0.319 e. The lowest BCUT2D eigenvalue weighted by Crippen LogP contribution is -2.36. The normalized spacial score (nSPS) is 13.1. The molecule has 0 spiro atoms. The molecule has 6 heterocycles. The van der Waals surface area contributed by atoms with E-state index in [0.29, 0.717) is 113 Å². The van der Waals surface area contributed by atoms with Crippen LogP contribution in [0.5, 0.6) is 0 Å². The molecular formula is C115H136N10O14. The second-order valence-electron chi connectivity index (χ2n) is 37.5. The minimum Gasteiger partial charge on any atom is -0.391 e. The molecule has 0 aliphatic carbocycles. The number of aryl methyl sites for hydroxylation is 3. The zero-order valence-corrected chi connectivity index (χ0v) is 82.9. The molecule has 0 radical (unpaired) electrons. The van der Waals surface area contributed by atoms with Gasteiger partial charge in [0.1, 0.15) is 6.10 Å². The molecule has 6 unspecified atom stereocenters. The van der Waals surface area contributed by atoms with Gasteiger partial charge in [-0.05, 0) is 220 Å². The van der Waals surface area contributed by atoms with E-state index in [1.165, 1.54) is 24.0 Å². The number of amides is 5. The van der Waals surface area contributed by atoms with E-state index >= 15 is 0 Å². The van der Waals surface area contributed by atoms with Gasteiger partial charge in [0.15, 0.2) is 21.7 Å². The predicted molar refractivity (Wildman–Crippen MR) is 568 cm³/mol. The third kappa shape index (κ3) is 26.5. The number of carbonyl (C=O) groups is 3. The summed E-state index contributed by atoms with van der Waals surface area (Å²) >= 11 is 0. The van der Waals surface area contributed by atoms with Crippen LogP contribution in [0, 0.1) is 23.2 Å². The monoisotopic (exact) mass is 1880 g/mol. The number of anilines is 3. The van der Waals surface area contributed by atoms with Crippen molar-refractivity contribution in [1.82, 2.24) is 34.3 Å². The Hall–Kier alpha value is -13.6. The minimum absolute atomic E-state index is 0.00351. The second-order valence-corrected chi connectivity index (χ2v) is 37.5. The first-order valence-corrected chi connectivity index (χ1v) is 48.4. The molecule has 139 heavy (non-hydrogen) atoms. The van der Waals surface area contributed by atoms with Gasteiger partial charge in [0.05, 0.1) is 74.6 Å². The number of aliphatic hydroxyl groups is 1. The lowest BCUT2D eigenvalue weighted by Gasteiger charge is -2.32. The fraction of sp³-hybridized carbons (Fsp3) is 0.339. The number of rotatable bonds is 27. The Balaban J connectivity index is 0.000000159. The molecule has 5 amide bonds. The molecule has 0 fully saturated rings. The Labute approximate surface area is 812 Å². The molecule has 1 aliphatic heterocycles. The van der Waals surface area contributed by atoms with E-state index < -0.39 is 12.2 Å². The summed E-state index contributed by atoms with van der Waals surface area (Å²) in [5, 5.41) is 58.5. The molecule has 0 saturated heterocycles. The number of hydrogen-bond acceptors (Lipinski definition) is 15. The number of hydrogen-bond donors (Lipinski definition) is 10. The summed E-state index contributed by atoms with van der Waals surface area (Å²) in [4.78, 5) is 108. The highest BCUT2D eigenvalue weighted by Crippen LogP contribution is 2.35. The first-order chi connectivity index (χ1) is 66.8. The SMILES string of the molecule is CCC(C)(C)C(CC(O)Cn1c2ccccc2c(=O)c2ccccc21)OO.CCC(C)(C)C(CCNC(=O)Nc1ccc2c(c1)NC(=O)C2)OO.CCC(C)(C)C(CCNC(=O)Nc1cccc2ccc(C)nc12)OO.CCC(C)c1ccccc1.CCC(C)c1ccccc1.CCn1c2ccccc2c(=O)c2cc3[nH]c4ccccc4c(=O)c3cc21.CCn1c2ccccc2c(=O)c2ccccc21. The molecule has 1 aliphatic rings. The standard InChI is InChI=1S/C22H16N2O2.C22H27NO4.C19H27N3O3.C17H25N3O4.C15H13NO.2C10H14/c1-2-24-19-10-6-4-8-14(19)22(26)16-11-18-15(12-20(16)24)21(25)13-7-3-5-9-17(13)23-18;1-4-22(2,3)20(27-26)13-15(24)14-23-18-11-7-5-9-16(18)21(25)17-10-6-8-12-19(17)23;1-5-19(3,4)16(25-24)11-12-20-18(23)22-15-8-6-7-14-10-9-13(2)21-17(14)15;1-4-17(2,3)14(24-23)7-8-18-16(22)19-12-6-5-11-9-15(21)20-13(11)10-12;1-2-16-13-9-5-3-7-11(13)15(17)12-8-4-6-10-14(12)16;2*1-3-9(2)10-7-5-4-6-8-10/h3-12H,2H2,1H3,(H,23,25);5-12,15,20,24,26H,4,13-14H2,1-3H3;6-10,16,24H,5,11-12H2,1-4H3,(H2,20,22,23);5-6,10,14,23H,4,7-9H2,1-3H3,(H,20,21)(H2,18,19,22);3-10H,2H2,1H3;2*4-9H,3H2,1-2H3. The van der Waals surface area contributed by atoms with Crippen LogP contribution in [0.2, 0.25) is 0 Å². The molecule has 0 bridgehead atoms. The first kappa shape index (κ1) is 106. The summed E-state index contributed by atoms with van der Waals surface area (Å²) in [6.45, 7) is 35.9. The number of aromatic nitrogens is 5. The van der Waals surface area contributed by atoms with Crippen molar-refractivity contribution >= 4 is 133 Å². The molecule has 0 saturated carbocycles. The predicted octanol–water partition coefficient (Wildman–Crippen LogP) is 25.3. The van der Waals surface area contributed by atoms with Crippen molar-refractivity contribution in [3.63, 3.8) is 0 Å². The summed E-state index contributed by atoms with van der Waals surface area (Å²) in [6.07, 6.45) is 4.79. The fourth-order valence-corrected chi connectivity index (χ4v) is 17.1. The van der Waals surface area contributed by atoms with Gasteiger partial charge in [0, 0.05) is 110 Å². The van der Waals surface area contributed by atoms with Gasteiger partial charge in [-0.3, -0.25) is 44.7 Å². The Bertz CT molecular complexity index is 6970. The Morgan fingerprint density at radius 2 is 0.835 bits per heavy atom. The van der Waals surface area contributed by atoms with Crippen LogP contribution in [-0.2, 0) is 45.5 Å². The highest BCUT2D eigenvalue weighted by molar-refractivity contribution is 6.05. The van der Waals surface area contributed by atoms with E-state index in [9.17, 15) is 43.9 Å². The van der Waals surface area contributed by atoms with Gasteiger partial charge >= 0.3 is 12.1 Å². The summed E-state index contributed by atoms with van der Waals surface area (Å²) in [6, 6.07) is 84.8. The average Bonchev–Trinajstić information content (AvgIpc) is 1.14. The van der Waals surface area contributed by atoms with Gasteiger partial charge in [-0.1, -0.05) is 248 Å². The highest BCUT2D eigenvalue weighted by Gasteiger charge is 2.33. The van der Waals surface area contributed by atoms with Crippen molar-refractivity contribution in [3.8, 4) is 0 Å². The van der Waals surface area contributed by atoms with Gasteiger partial charge in [0.25, 0.3) is 0 Å². The van der Waals surface area contributed by atoms with Crippen molar-refractivity contribution in [2.24, 2.45) is 16.2 Å². The maximum Gasteiger partial charge on any atom is 0.319 e. The molecule has 6 atom stereocenters. The van der Waals surface area contributed by atoms with Crippen molar-refractivity contribution in [1.29, 1.82) is 0 Å². The van der Waals surface area contributed by atoms with E-state index in [-0.39, 0.29) is 68.1 Å². The van der Waals surface area contributed by atoms with Crippen LogP contribution in [0.3, 0.4) is 0 Å². The number of pyridine rings is 5. The van der Waals surface area contributed by atoms with Gasteiger partial charge in [-0.2, -0.15) is 0 Å². The summed E-state index contributed by atoms with van der Waals surface area (Å²) in [7, 11) is 0. The number of H-pyrrole nitrogens is 1. The van der Waals surface area contributed by atoms with Gasteiger partial charge < -0.3 is 50.4 Å². The molecule has 5 aromatic heterocycles. The number of aromatic amines is 1. The number of aliphatic hydroxyl groups excluding tert-OH is 1. The molecule has 11 aromatic carbocycles. The lowest BCUT2D eigenvalue weighted by atomic mass is 9.81. The number of urea groups is 2. The minimum atomic E-state index is -0.734. The number of nitrogens with zero attached hydrogens (tertiary/aromatic N) is 4. The zero-order valence-electron chi connectivity index (χ0n) is 82.9. The van der Waals surface area contributed by atoms with Crippen LogP contribution in [0.4, 0.5) is 26.7 Å². The summed E-state index contributed by atoms with van der Waals surface area (Å²) in [5.41, 5.74) is 13.8. The number of fused-ring (bicyclic) bond motifs is 10. The Kier molecular flexibility index (Phi) is 37.8. The van der Waals surface area contributed by atoms with Crippen molar-refractivity contribution < 1.29 is 49.9 Å². The van der Waals surface area contributed by atoms with E-state index in [1.54, 1.807) is 12.1 Å². The molecule has 24 nitrogen and oxygen atoms in total. The van der Waals surface area contributed by atoms with Crippen LogP contribution < -0.4 is 48.3 Å². The van der Waals surface area contributed by atoms with Crippen LogP contribution >= 0.6 is 0 Å². The van der Waals surface area contributed by atoms with Gasteiger partial charge in [0.2, 0.25) is 5.91 Å². The summed E-state index contributed by atoms with van der Waals surface area (Å²) in [5.74, 6) is 1.38. The molecule has 24 heteroatoms. The summed E-state index contributed by atoms with van der Waals surface area (Å²) < 4.78 is 6.26. The largest absolute Gasteiger partial charge is 0.391 e.